The Morgan fingerprint density at radius 2 is 1.79 bits per heavy atom. The fourth-order valence-corrected chi connectivity index (χ4v) is 4.72. The van der Waals surface area contributed by atoms with Crippen molar-refractivity contribution in [2.75, 3.05) is 18.9 Å². The van der Waals surface area contributed by atoms with Gasteiger partial charge < -0.3 is 15.0 Å². The number of aromatic nitrogens is 1. The van der Waals surface area contributed by atoms with Gasteiger partial charge in [0.2, 0.25) is 0 Å². The molecule has 4 nitrogen and oxygen atoms in total. The molecule has 0 aliphatic carbocycles. The number of H-pyrrole nitrogens is 1. The van der Waals surface area contributed by atoms with E-state index in [-0.39, 0.29) is 5.91 Å². The van der Waals surface area contributed by atoms with Crippen LogP contribution in [-0.4, -0.2) is 29.8 Å². The van der Waals surface area contributed by atoms with E-state index in [1.165, 1.54) is 10.3 Å². The van der Waals surface area contributed by atoms with Crippen molar-refractivity contribution in [3.05, 3.63) is 83.4 Å². The van der Waals surface area contributed by atoms with Crippen molar-refractivity contribution in [1.29, 1.82) is 0 Å². The zero-order chi connectivity index (χ0) is 23.0. The van der Waals surface area contributed by atoms with Crippen LogP contribution in [0, 0.1) is 0 Å². The minimum atomic E-state index is -0.0763. The van der Waals surface area contributed by atoms with Gasteiger partial charge in [0.1, 0.15) is 5.75 Å². The van der Waals surface area contributed by atoms with E-state index >= 15 is 0 Å². The molecule has 2 N–H and O–H groups in total. The maximum Gasteiger partial charge on any atom is 0.251 e. The monoisotopic (exact) mass is 478 g/mol. The smallest absolute Gasteiger partial charge is 0.251 e. The number of hydrogen-bond acceptors (Lipinski definition) is 3. The highest BCUT2D eigenvalue weighted by molar-refractivity contribution is 7.99. The summed E-state index contributed by atoms with van der Waals surface area (Å²) < 4.78 is 5.66. The van der Waals surface area contributed by atoms with Crippen LogP contribution in [0.25, 0.3) is 22.2 Å². The lowest BCUT2D eigenvalue weighted by atomic mass is 10.1. The summed E-state index contributed by atoms with van der Waals surface area (Å²) in [6, 6.07) is 23.4. The molecule has 170 valence electrons. The Hall–Kier alpha value is -2.89. The maximum absolute atomic E-state index is 12.5. The third-order valence-corrected chi connectivity index (χ3v) is 6.68. The molecule has 0 unspecified atom stereocenters. The van der Waals surface area contributed by atoms with Crippen LogP contribution in [0.1, 0.15) is 30.1 Å². The first-order valence-corrected chi connectivity index (χ1v) is 12.5. The molecular weight excluding hydrogens is 452 g/mol. The topological polar surface area (TPSA) is 54.1 Å². The molecular formula is C27H27ClN2O2S. The number of rotatable bonds is 10. The van der Waals surface area contributed by atoms with E-state index < -0.39 is 0 Å². The molecule has 0 saturated heterocycles. The predicted octanol–water partition coefficient (Wildman–Crippen LogP) is 7.19. The average molecular weight is 479 g/mol. The molecule has 6 heteroatoms. The summed E-state index contributed by atoms with van der Waals surface area (Å²) in [7, 11) is 0. The van der Waals surface area contributed by atoms with Gasteiger partial charge in [0.05, 0.1) is 12.3 Å². The molecule has 0 fully saturated rings. The van der Waals surface area contributed by atoms with Gasteiger partial charge in [-0.3, -0.25) is 4.79 Å². The Morgan fingerprint density at radius 3 is 2.55 bits per heavy atom. The van der Waals surface area contributed by atoms with Crippen LogP contribution in [0.15, 0.2) is 77.7 Å². The molecule has 1 amide bonds. The van der Waals surface area contributed by atoms with Crippen LogP contribution in [0.5, 0.6) is 5.75 Å². The fourth-order valence-electron chi connectivity index (χ4n) is 3.54. The first-order chi connectivity index (χ1) is 16.2. The number of carbonyl (C=O) groups is 1. The summed E-state index contributed by atoms with van der Waals surface area (Å²) in [6.07, 6.45) is 2.12. The maximum atomic E-state index is 12.5. The summed E-state index contributed by atoms with van der Waals surface area (Å²) >= 11 is 7.81. The first kappa shape index (κ1) is 23.3. The van der Waals surface area contributed by atoms with Crippen LogP contribution in [0.2, 0.25) is 5.02 Å². The molecule has 33 heavy (non-hydrogen) atoms. The van der Waals surface area contributed by atoms with E-state index in [1.807, 2.05) is 60.7 Å². The van der Waals surface area contributed by atoms with Gasteiger partial charge in [0.15, 0.2) is 0 Å². The molecule has 0 aliphatic heterocycles. The van der Waals surface area contributed by atoms with E-state index in [9.17, 15) is 4.79 Å². The van der Waals surface area contributed by atoms with Crippen LogP contribution in [0.3, 0.4) is 0 Å². The van der Waals surface area contributed by atoms with Gasteiger partial charge in [-0.25, -0.2) is 0 Å². The van der Waals surface area contributed by atoms with E-state index in [0.29, 0.717) is 23.7 Å². The highest BCUT2D eigenvalue weighted by Crippen LogP contribution is 2.37. The summed E-state index contributed by atoms with van der Waals surface area (Å²) in [5.41, 5.74) is 3.89. The molecule has 1 heterocycles. The number of nitrogens with one attached hydrogen (secondary N) is 2. The predicted molar refractivity (Wildman–Crippen MR) is 139 cm³/mol. The highest BCUT2D eigenvalue weighted by Gasteiger charge is 2.14. The lowest BCUT2D eigenvalue weighted by molar-refractivity contribution is 0.0956. The third kappa shape index (κ3) is 5.92. The number of thioether (sulfide) groups is 1. The Bertz CT molecular complexity index is 1200. The Morgan fingerprint density at radius 1 is 1.03 bits per heavy atom. The lowest BCUT2D eigenvalue weighted by Gasteiger charge is -2.08. The van der Waals surface area contributed by atoms with Crippen molar-refractivity contribution in [3.8, 4) is 17.0 Å². The number of carbonyl (C=O) groups excluding carboxylic acids is 1. The van der Waals surface area contributed by atoms with Crippen LogP contribution in [-0.2, 0) is 0 Å². The van der Waals surface area contributed by atoms with Gasteiger partial charge in [-0.1, -0.05) is 55.3 Å². The molecule has 4 aromatic rings. The molecule has 0 radical (unpaired) electrons. The van der Waals surface area contributed by atoms with Crippen LogP contribution >= 0.6 is 23.4 Å². The molecule has 0 aliphatic rings. The van der Waals surface area contributed by atoms with Gasteiger partial charge in [-0.2, -0.15) is 0 Å². The van der Waals surface area contributed by atoms with Crippen molar-refractivity contribution in [2.24, 2.45) is 0 Å². The molecule has 1 aromatic heterocycles. The molecule has 0 bridgehead atoms. The van der Waals surface area contributed by atoms with E-state index in [2.05, 4.69) is 29.4 Å². The Balaban J connectivity index is 1.37. The van der Waals surface area contributed by atoms with Gasteiger partial charge >= 0.3 is 0 Å². The van der Waals surface area contributed by atoms with E-state index in [1.54, 1.807) is 11.8 Å². The number of ether oxygens (including phenoxy) is 1. The lowest BCUT2D eigenvalue weighted by Crippen LogP contribution is -2.25. The van der Waals surface area contributed by atoms with E-state index in [0.717, 1.165) is 41.1 Å². The zero-order valence-electron chi connectivity index (χ0n) is 18.6. The average Bonchev–Trinajstić information content (AvgIpc) is 3.21. The molecule has 3 aromatic carbocycles. The second kappa shape index (κ2) is 11.3. The van der Waals surface area contributed by atoms with Crippen LogP contribution in [0.4, 0.5) is 0 Å². The summed E-state index contributed by atoms with van der Waals surface area (Å²) in [4.78, 5) is 17.2. The van der Waals surface area contributed by atoms with Gasteiger partial charge in [-0.05, 0) is 54.4 Å². The van der Waals surface area contributed by atoms with Crippen molar-refractivity contribution >= 4 is 40.2 Å². The van der Waals surface area contributed by atoms with Gasteiger partial charge in [0.25, 0.3) is 5.91 Å². The first-order valence-electron chi connectivity index (χ1n) is 11.2. The Kier molecular flexibility index (Phi) is 7.97. The normalized spacial score (nSPS) is 11.0. The number of amides is 1. The molecule has 0 saturated carbocycles. The number of halogens is 1. The Labute approximate surface area is 203 Å². The van der Waals surface area contributed by atoms with Crippen molar-refractivity contribution in [2.45, 2.75) is 24.7 Å². The SMILES string of the molecule is CCCCOc1ccc(C(=O)NCCSc2c(-c3ccc(Cl)cc3)[nH]c3ccccc23)cc1. The number of fused-ring (bicyclic) bond motifs is 1. The number of hydrogen-bond donors (Lipinski definition) is 2. The largest absolute Gasteiger partial charge is 0.494 e. The molecule has 0 atom stereocenters. The van der Waals surface area contributed by atoms with Crippen LogP contribution < -0.4 is 10.1 Å². The number of unbranched alkanes of at least 4 members (excludes halogenated alkanes) is 1. The van der Waals surface area contributed by atoms with E-state index in [4.69, 9.17) is 16.3 Å². The zero-order valence-corrected chi connectivity index (χ0v) is 20.1. The standard InChI is InChI=1S/C27H27ClN2O2S/c1-2-3-17-32-22-14-10-20(11-15-22)27(31)29-16-18-33-26-23-6-4-5-7-24(23)30-25(26)19-8-12-21(28)13-9-19/h4-15,30H,2-3,16-18H2,1H3,(H,29,31). The summed E-state index contributed by atoms with van der Waals surface area (Å²) in [6.45, 7) is 3.40. The number of benzene rings is 3. The summed E-state index contributed by atoms with van der Waals surface area (Å²) in [5, 5.41) is 4.91. The molecule has 4 rings (SSSR count). The quantitative estimate of drug-likeness (QED) is 0.187. The summed E-state index contributed by atoms with van der Waals surface area (Å²) in [5.74, 6) is 1.48. The van der Waals surface area contributed by atoms with Gasteiger partial charge in [0, 0.05) is 38.7 Å². The van der Waals surface area contributed by atoms with Crippen molar-refractivity contribution in [1.82, 2.24) is 10.3 Å². The minimum absolute atomic E-state index is 0.0763. The second-order valence-electron chi connectivity index (χ2n) is 7.71. The highest BCUT2D eigenvalue weighted by atomic mass is 35.5. The van der Waals surface area contributed by atoms with Gasteiger partial charge in [-0.15, -0.1) is 11.8 Å². The van der Waals surface area contributed by atoms with Crippen molar-refractivity contribution in [3.63, 3.8) is 0 Å². The number of para-hydroxylation sites is 1. The third-order valence-electron chi connectivity index (χ3n) is 5.31. The fraction of sp³-hybridized carbons (Fsp3) is 0.222. The van der Waals surface area contributed by atoms with Crippen molar-refractivity contribution < 1.29 is 9.53 Å². The number of aromatic amines is 1. The minimum Gasteiger partial charge on any atom is -0.494 e. The molecule has 0 spiro atoms. The second-order valence-corrected chi connectivity index (χ2v) is 9.25.